The average Bonchev–Trinajstić information content (AvgIpc) is 2.37. The van der Waals surface area contributed by atoms with Crippen LogP contribution in [0.4, 0.5) is 0 Å². The highest BCUT2D eigenvalue weighted by atomic mass is 32.2. The standard InChI is InChI=1S/C15H30N2S/c1-15(2)11-5-4-10(14(15)7-11)6-13(18-3)8-12(17)9-16/h10-14H,4-9,16-17H2,1-3H3. The predicted octanol–water partition coefficient (Wildman–Crippen LogP) is 2.86. The van der Waals surface area contributed by atoms with Crippen molar-refractivity contribution in [2.45, 2.75) is 57.2 Å². The maximum Gasteiger partial charge on any atom is 0.0173 e. The second kappa shape index (κ2) is 5.72. The Balaban J connectivity index is 1.88. The van der Waals surface area contributed by atoms with Crippen LogP contribution in [0.5, 0.6) is 0 Å². The minimum Gasteiger partial charge on any atom is -0.329 e. The lowest BCUT2D eigenvalue weighted by atomic mass is 9.45. The van der Waals surface area contributed by atoms with Crippen LogP contribution in [0.2, 0.25) is 0 Å². The molecule has 0 heterocycles. The average molecular weight is 270 g/mol. The summed E-state index contributed by atoms with van der Waals surface area (Å²) in [6, 6.07) is 0.188. The summed E-state index contributed by atoms with van der Waals surface area (Å²) in [5.41, 5.74) is 12.3. The molecule has 2 nitrogen and oxygen atoms in total. The van der Waals surface area contributed by atoms with Crippen LogP contribution in [0, 0.1) is 23.2 Å². The largest absolute Gasteiger partial charge is 0.329 e. The van der Waals surface area contributed by atoms with Gasteiger partial charge in [-0.2, -0.15) is 11.8 Å². The van der Waals surface area contributed by atoms with Crippen molar-refractivity contribution >= 4 is 11.8 Å². The molecule has 0 aromatic heterocycles. The number of nitrogens with two attached hydrogens (primary N) is 2. The van der Waals surface area contributed by atoms with E-state index in [1.165, 1.54) is 25.7 Å². The first-order chi connectivity index (χ1) is 8.48. The van der Waals surface area contributed by atoms with Crippen molar-refractivity contribution in [3.8, 4) is 0 Å². The van der Waals surface area contributed by atoms with E-state index >= 15 is 0 Å². The van der Waals surface area contributed by atoms with Crippen LogP contribution in [0.3, 0.4) is 0 Å². The smallest absolute Gasteiger partial charge is 0.0173 e. The van der Waals surface area contributed by atoms with Gasteiger partial charge in [-0.05, 0) is 61.5 Å². The van der Waals surface area contributed by atoms with E-state index in [9.17, 15) is 0 Å². The zero-order chi connectivity index (χ0) is 13.3. The van der Waals surface area contributed by atoms with Crippen molar-refractivity contribution in [3.05, 3.63) is 0 Å². The molecule has 3 rings (SSSR count). The monoisotopic (exact) mass is 270 g/mol. The van der Waals surface area contributed by atoms with Crippen molar-refractivity contribution < 1.29 is 0 Å². The molecule has 3 aliphatic rings. The summed E-state index contributed by atoms with van der Waals surface area (Å²) in [6.45, 7) is 5.59. The molecule has 0 amide bonds. The second-order valence-electron chi connectivity index (χ2n) is 7.02. The number of thioether (sulfide) groups is 1. The van der Waals surface area contributed by atoms with Crippen LogP contribution >= 0.6 is 11.8 Å². The highest BCUT2D eigenvalue weighted by Gasteiger charge is 2.54. The van der Waals surface area contributed by atoms with Gasteiger partial charge in [0.15, 0.2) is 0 Å². The highest BCUT2D eigenvalue weighted by Crippen LogP contribution is 2.62. The van der Waals surface area contributed by atoms with E-state index in [2.05, 4.69) is 20.1 Å². The number of fused-ring (bicyclic) bond motifs is 2. The third-order valence-electron chi connectivity index (χ3n) is 5.77. The Labute approximate surface area is 117 Å². The summed E-state index contributed by atoms with van der Waals surface area (Å²) < 4.78 is 0. The molecular weight excluding hydrogens is 240 g/mol. The fourth-order valence-electron chi connectivity index (χ4n) is 4.30. The quantitative estimate of drug-likeness (QED) is 0.780. The first kappa shape index (κ1) is 14.7. The van der Waals surface area contributed by atoms with E-state index in [-0.39, 0.29) is 6.04 Å². The first-order valence-electron chi connectivity index (χ1n) is 7.47. The maximum absolute atomic E-state index is 6.01. The summed E-state index contributed by atoms with van der Waals surface area (Å²) in [5, 5.41) is 0.710. The Morgan fingerprint density at radius 3 is 2.56 bits per heavy atom. The number of hydrogen-bond acceptors (Lipinski definition) is 3. The first-order valence-corrected chi connectivity index (χ1v) is 8.76. The van der Waals surface area contributed by atoms with Crippen molar-refractivity contribution in [1.29, 1.82) is 0 Å². The zero-order valence-electron chi connectivity index (χ0n) is 12.2. The van der Waals surface area contributed by atoms with Gasteiger partial charge in [0.05, 0.1) is 0 Å². The zero-order valence-corrected chi connectivity index (χ0v) is 13.0. The van der Waals surface area contributed by atoms with Gasteiger partial charge in [0.2, 0.25) is 0 Å². The summed E-state index contributed by atoms with van der Waals surface area (Å²) >= 11 is 1.99. The fourth-order valence-corrected chi connectivity index (χ4v) is 5.18. The molecule has 18 heavy (non-hydrogen) atoms. The Morgan fingerprint density at radius 2 is 2.06 bits per heavy atom. The molecule has 5 unspecified atom stereocenters. The SMILES string of the molecule is CSC(CC(N)CN)CC1CCC2CC1C2(C)C. The summed E-state index contributed by atoms with van der Waals surface area (Å²) in [7, 11) is 0. The van der Waals surface area contributed by atoms with Crippen LogP contribution in [-0.4, -0.2) is 24.1 Å². The van der Waals surface area contributed by atoms with E-state index in [4.69, 9.17) is 11.5 Å². The van der Waals surface area contributed by atoms with Gasteiger partial charge in [-0.1, -0.05) is 13.8 Å². The molecular formula is C15H30N2S. The van der Waals surface area contributed by atoms with Gasteiger partial charge >= 0.3 is 0 Å². The summed E-state index contributed by atoms with van der Waals surface area (Å²) in [5.74, 6) is 2.92. The van der Waals surface area contributed by atoms with E-state index in [0.717, 1.165) is 24.2 Å². The molecule has 0 aliphatic heterocycles. The van der Waals surface area contributed by atoms with Crippen molar-refractivity contribution in [1.82, 2.24) is 0 Å². The molecule has 0 radical (unpaired) electrons. The van der Waals surface area contributed by atoms with Gasteiger partial charge in [-0.15, -0.1) is 0 Å². The number of rotatable bonds is 6. The third-order valence-corrected chi connectivity index (χ3v) is 6.82. The van der Waals surface area contributed by atoms with Crippen LogP contribution in [-0.2, 0) is 0 Å². The van der Waals surface area contributed by atoms with E-state index in [0.29, 0.717) is 17.2 Å². The lowest BCUT2D eigenvalue weighted by molar-refractivity contribution is -0.106. The maximum atomic E-state index is 6.01. The van der Waals surface area contributed by atoms with Gasteiger partial charge in [0.25, 0.3) is 0 Å². The van der Waals surface area contributed by atoms with E-state index < -0.39 is 0 Å². The van der Waals surface area contributed by atoms with Crippen LogP contribution in [0.25, 0.3) is 0 Å². The van der Waals surface area contributed by atoms with Crippen LogP contribution < -0.4 is 11.5 Å². The minimum absolute atomic E-state index is 0.188. The molecule has 3 aliphatic carbocycles. The van der Waals surface area contributed by atoms with E-state index in [1.807, 2.05) is 11.8 Å². The molecule has 0 spiro atoms. The Hall–Kier alpha value is 0.270. The van der Waals surface area contributed by atoms with Crippen LogP contribution in [0.1, 0.15) is 46.0 Å². The molecule has 0 aromatic rings. The normalized spacial score (nSPS) is 36.8. The summed E-state index contributed by atoms with van der Waals surface area (Å²) in [6.07, 6.45) is 9.07. The lowest BCUT2D eigenvalue weighted by Crippen LogP contribution is -2.52. The van der Waals surface area contributed by atoms with Crippen LogP contribution in [0.15, 0.2) is 0 Å². The molecule has 3 saturated carbocycles. The lowest BCUT2D eigenvalue weighted by Gasteiger charge is -2.60. The predicted molar refractivity (Wildman–Crippen MR) is 81.7 cm³/mol. The molecule has 4 N–H and O–H groups in total. The minimum atomic E-state index is 0.188. The fraction of sp³-hybridized carbons (Fsp3) is 1.00. The number of hydrogen-bond donors (Lipinski definition) is 2. The van der Waals surface area contributed by atoms with Gasteiger partial charge in [0.1, 0.15) is 0 Å². The van der Waals surface area contributed by atoms with Gasteiger partial charge in [-0.3, -0.25) is 0 Å². The molecule has 0 aromatic carbocycles. The Bertz CT molecular complexity index is 278. The molecule has 5 atom stereocenters. The van der Waals surface area contributed by atoms with E-state index in [1.54, 1.807) is 0 Å². The van der Waals surface area contributed by atoms with Crippen molar-refractivity contribution in [3.63, 3.8) is 0 Å². The molecule has 106 valence electrons. The van der Waals surface area contributed by atoms with Crippen molar-refractivity contribution in [2.75, 3.05) is 12.8 Å². The molecule has 2 bridgehead atoms. The van der Waals surface area contributed by atoms with Gasteiger partial charge < -0.3 is 11.5 Å². The third kappa shape index (κ3) is 2.73. The molecule has 3 fully saturated rings. The molecule has 0 saturated heterocycles. The van der Waals surface area contributed by atoms with Gasteiger partial charge in [-0.25, -0.2) is 0 Å². The Morgan fingerprint density at radius 1 is 1.33 bits per heavy atom. The topological polar surface area (TPSA) is 52.0 Å². The summed E-state index contributed by atoms with van der Waals surface area (Å²) in [4.78, 5) is 0. The Kier molecular flexibility index (Phi) is 4.66. The molecule has 3 heteroatoms. The van der Waals surface area contributed by atoms with Crippen molar-refractivity contribution in [2.24, 2.45) is 34.6 Å². The highest BCUT2D eigenvalue weighted by molar-refractivity contribution is 7.99. The van der Waals surface area contributed by atoms with Gasteiger partial charge in [0, 0.05) is 17.8 Å². The second-order valence-corrected chi connectivity index (χ2v) is 8.16.